The second-order valence-electron chi connectivity index (χ2n) is 4.22. The molecule has 0 bridgehead atoms. The van der Waals surface area contributed by atoms with E-state index in [1.54, 1.807) is 6.92 Å². The Bertz CT molecular complexity index is 656. The smallest absolute Gasteiger partial charge is 0.154 e. The van der Waals surface area contributed by atoms with Crippen molar-refractivity contribution < 1.29 is 8.42 Å². The first kappa shape index (κ1) is 12.0. The van der Waals surface area contributed by atoms with E-state index < -0.39 is 9.84 Å². The Balaban J connectivity index is 2.59. The van der Waals surface area contributed by atoms with Crippen LogP contribution in [0.1, 0.15) is 12.5 Å². The number of aryl methyl sites for hydroxylation is 1. The van der Waals surface area contributed by atoms with Crippen LogP contribution in [-0.4, -0.2) is 18.7 Å². The second-order valence-corrected chi connectivity index (χ2v) is 6.57. The maximum atomic E-state index is 11.7. The van der Waals surface area contributed by atoms with Gasteiger partial charge in [0, 0.05) is 35.6 Å². The van der Waals surface area contributed by atoms with Crippen LogP contribution >= 0.6 is 0 Å². The lowest BCUT2D eigenvalue weighted by Crippen LogP contribution is -2.06. The van der Waals surface area contributed by atoms with Gasteiger partial charge in [0.05, 0.1) is 5.75 Å². The van der Waals surface area contributed by atoms with E-state index >= 15 is 0 Å². The number of aromatic nitrogens is 1. The molecular formula is C12H16N2O2S. The van der Waals surface area contributed by atoms with E-state index in [-0.39, 0.29) is 11.5 Å². The fourth-order valence-corrected chi connectivity index (χ4v) is 2.85. The summed E-state index contributed by atoms with van der Waals surface area (Å²) >= 11 is 0. The van der Waals surface area contributed by atoms with Crippen LogP contribution in [0.15, 0.2) is 24.4 Å². The van der Waals surface area contributed by atoms with E-state index in [0.717, 1.165) is 16.5 Å². The zero-order valence-electron chi connectivity index (χ0n) is 9.97. The third-order valence-electron chi connectivity index (χ3n) is 2.91. The van der Waals surface area contributed by atoms with Crippen molar-refractivity contribution in [3.05, 3.63) is 30.0 Å². The number of hydrogen-bond donors (Lipinski definition) is 1. The number of anilines is 1. The van der Waals surface area contributed by atoms with Crippen molar-refractivity contribution in [1.82, 2.24) is 4.57 Å². The highest BCUT2D eigenvalue weighted by Crippen LogP contribution is 2.24. The monoisotopic (exact) mass is 252 g/mol. The molecule has 1 aromatic heterocycles. The summed E-state index contributed by atoms with van der Waals surface area (Å²) in [6.45, 7) is 1.66. The zero-order valence-corrected chi connectivity index (χ0v) is 10.8. The number of nitrogen functional groups attached to an aromatic ring is 1. The molecule has 0 aliphatic carbocycles. The number of rotatable bonds is 3. The molecule has 2 aromatic rings. The van der Waals surface area contributed by atoms with Crippen LogP contribution in [-0.2, 0) is 22.6 Å². The summed E-state index contributed by atoms with van der Waals surface area (Å²) in [5.41, 5.74) is 8.21. The SMILES string of the molecule is CCS(=O)(=O)Cc1cn(C)c2ccc(N)cc12. The van der Waals surface area contributed by atoms with E-state index in [2.05, 4.69) is 0 Å². The lowest BCUT2D eigenvalue weighted by Gasteiger charge is -2.00. The van der Waals surface area contributed by atoms with E-state index in [1.807, 2.05) is 36.0 Å². The number of sulfone groups is 1. The summed E-state index contributed by atoms with van der Waals surface area (Å²) in [6, 6.07) is 5.56. The highest BCUT2D eigenvalue weighted by atomic mass is 32.2. The Hall–Kier alpha value is -1.49. The minimum absolute atomic E-state index is 0.0737. The Morgan fingerprint density at radius 3 is 2.71 bits per heavy atom. The molecule has 0 unspecified atom stereocenters. The predicted octanol–water partition coefficient (Wildman–Crippen LogP) is 1.70. The van der Waals surface area contributed by atoms with Crippen molar-refractivity contribution in [3.63, 3.8) is 0 Å². The third kappa shape index (κ3) is 2.29. The van der Waals surface area contributed by atoms with E-state index in [4.69, 9.17) is 5.73 Å². The van der Waals surface area contributed by atoms with Gasteiger partial charge in [-0.2, -0.15) is 0 Å². The average Bonchev–Trinajstić information content (AvgIpc) is 2.55. The lowest BCUT2D eigenvalue weighted by molar-refractivity contribution is 0.596. The maximum Gasteiger partial charge on any atom is 0.154 e. The van der Waals surface area contributed by atoms with Gasteiger partial charge in [0.15, 0.2) is 9.84 Å². The van der Waals surface area contributed by atoms with Gasteiger partial charge in [0.2, 0.25) is 0 Å². The molecule has 0 fully saturated rings. The fourth-order valence-electron chi connectivity index (χ4n) is 1.95. The zero-order chi connectivity index (χ0) is 12.6. The molecule has 5 heteroatoms. The summed E-state index contributed by atoms with van der Waals surface area (Å²) in [5, 5.41) is 0.921. The molecule has 0 atom stereocenters. The predicted molar refractivity (Wildman–Crippen MR) is 70.5 cm³/mol. The van der Waals surface area contributed by atoms with Gasteiger partial charge in [-0.15, -0.1) is 0 Å². The first-order chi connectivity index (χ1) is 7.93. The van der Waals surface area contributed by atoms with E-state index in [0.29, 0.717) is 5.69 Å². The summed E-state index contributed by atoms with van der Waals surface area (Å²) in [4.78, 5) is 0. The van der Waals surface area contributed by atoms with Crippen LogP contribution in [0.2, 0.25) is 0 Å². The first-order valence-corrected chi connectivity index (χ1v) is 7.29. The summed E-state index contributed by atoms with van der Waals surface area (Å²) < 4.78 is 25.3. The van der Waals surface area contributed by atoms with Gasteiger partial charge >= 0.3 is 0 Å². The molecule has 1 aromatic carbocycles. The highest BCUT2D eigenvalue weighted by Gasteiger charge is 2.14. The molecule has 0 saturated carbocycles. The molecular weight excluding hydrogens is 236 g/mol. The van der Waals surface area contributed by atoms with Crippen molar-refractivity contribution in [2.75, 3.05) is 11.5 Å². The number of nitrogens with two attached hydrogens (primary N) is 1. The van der Waals surface area contributed by atoms with Crippen LogP contribution in [0.5, 0.6) is 0 Å². The standard InChI is InChI=1S/C12H16N2O2S/c1-3-17(15,16)8-9-7-14(2)12-5-4-10(13)6-11(9)12/h4-7H,3,8,13H2,1-2H3. The molecule has 0 spiro atoms. The van der Waals surface area contributed by atoms with Gasteiger partial charge in [-0.05, 0) is 23.8 Å². The van der Waals surface area contributed by atoms with Gasteiger partial charge < -0.3 is 10.3 Å². The Morgan fingerprint density at radius 2 is 2.06 bits per heavy atom. The molecule has 4 nitrogen and oxygen atoms in total. The molecule has 0 amide bonds. The Morgan fingerprint density at radius 1 is 1.35 bits per heavy atom. The highest BCUT2D eigenvalue weighted by molar-refractivity contribution is 7.90. The van der Waals surface area contributed by atoms with Gasteiger partial charge in [0.1, 0.15) is 0 Å². The van der Waals surface area contributed by atoms with Crippen LogP contribution in [0.25, 0.3) is 10.9 Å². The largest absolute Gasteiger partial charge is 0.399 e. The number of hydrogen-bond acceptors (Lipinski definition) is 3. The van der Waals surface area contributed by atoms with E-state index in [9.17, 15) is 8.42 Å². The topological polar surface area (TPSA) is 65.1 Å². The van der Waals surface area contributed by atoms with Crippen LogP contribution in [0.4, 0.5) is 5.69 Å². The molecule has 0 aliphatic rings. The van der Waals surface area contributed by atoms with Gasteiger partial charge in [-0.1, -0.05) is 6.92 Å². The van der Waals surface area contributed by atoms with Crippen LogP contribution in [0, 0.1) is 0 Å². The van der Waals surface area contributed by atoms with Crippen molar-refractivity contribution in [3.8, 4) is 0 Å². The summed E-state index contributed by atoms with van der Waals surface area (Å²) in [7, 11) is -1.11. The normalized spacial score (nSPS) is 12.1. The molecule has 2 rings (SSSR count). The van der Waals surface area contributed by atoms with Crippen molar-refractivity contribution in [2.24, 2.45) is 7.05 Å². The molecule has 0 saturated heterocycles. The van der Waals surface area contributed by atoms with Crippen molar-refractivity contribution in [2.45, 2.75) is 12.7 Å². The maximum absolute atomic E-state index is 11.7. The van der Waals surface area contributed by atoms with E-state index in [1.165, 1.54) is 0 Å². The Kier molecular flexibility index (Phi) is 2.87. The fraction of sp³-hybridized carbons (Fsp3) is 0.333. The molecule has 17 heavy (non-hydrogen) atoms. The molecule has 92 valence electrons. The van der Waals surface area contributed by atoms with Crippen LogP contribution < -0.4 is 5.73 Å². The molecule has 2 N–H and O–H groups in total. The van der Waals surface area contributed by atoms with Gasteiger partial charge in [0.25, 0.3) is 0 Å². The lowest BCUT2D eigenvalue weighted by atomic mass is 10.2. The van der Waals surface area contributed by atoms with Crippen molar-refractivity contribution in [1.29, 1.82) is 0 Å². The van der Waals surface area contributed by atoms with Crippen LogP contribution in [0.3, 0.4) is 0 Å². The number of nitrogens with zero attached hydrogens (tertiary/aromatic N) is 1. The molecule has 0 aliphatic heterocycles. The number of benzene rings is 1. The molecule has 0 radical (unpaired) electrons. The minimum Gasteiger partial charge on any atom is -0.399 e. The average molecular weight is 252 g/mol. The summed E-state index contributed by atoms with van der Waals surface area (Å²) in [5.74, 6) is 0.232. The first-order valence-electron chi connectivity index (χ1n) is 5.47. The van der Waals surface area contributed by atoms with Crippen molar-refractivity contribution >= 4 is 26.4 Å². The third-order valence-corrected chi connectivity index (χ3v) is 4.54. The minimum atomic E-state index is -3.02. The summed E-state index contributed by atoms with van der Waals surface area (Å²) in [6.07, 6.45) is 1.86. The quantitative estimate of drug-likeness (QED) is 0.845. The van der Waals surface area contributed by atoms with Gasteiger partial charge in [-0.3, -0.25) is 0 Å². The molecule has 1 heterocycles. The van der Waals surface area contributed by atoms with Gasteiger partial charge in [-0.25, -0.2) is 8.42 Å². The second kappa shape index (κ2) is 4.07. The Labute approximate surface area is 101 Å². The number of fused-ring (bicyclic) bond motifs is 1.